The highest BCUT2D eigenvalue weighted by atomic mass is 32.2. The minimum absolute atomic E-state index is 0.218. The lowest BCUT2D eigenvalue weighted by atomic mass is 9.83. The molecule has 1 aromatic heterocycles. The summed E-state index contributed by atoms with van der Waals surface area (Å²) in [5, 5.41) is 11.5. The predicted octanol–water partition coefficient (Wildman–Crippen LogP) is 3.56. The molecular weight excluding hydrogens is 224 g/mol. The Bertz CT molecular complexity index is 342. The molecule has 1 aliphatic rings. The Morgan fingerprint density at radius 1 is 1.60 bits per heavy atom. The first-order chi connectivity index (χ1) is 7.29. The molecule has 1 aromatic rings. The summed E-state index contributed by atoms with van der Waals surface area (Å²) in [7, 11) is 0. The standard InChI is InChI=1S/C11H14N2S2/c1-8-2-3-9(7-12)10(6-8)15-11-13-4-5-14-11/h4-5,8-10H,2-3,6H2,1H3. The van der Waals surface area contributed by atoms with Crippen LogP contribution in [0.2, 0.25) is 0 Å². The van der Waals surface area contributed by atoms with Crippen LogP contribution in [0.25, 0.3) is 0 Å². The van der Waals surface area contributed by atoms with E-state index in [4.69, 9.17) is 5.26 Å². The minimum atomic E-state index is 0.218. The topological polar surface area (TPSA) is 36.7 Å². The molecule has 4 heteroatoms. The number of aromatic nitrogens is 1. The van der Waals surface area contributed by atoms with Crippen molar-refractivity contribution in [2.45, 2.75) is 35.8 Å². The molecule has 0 aromatic carbocycles. The van der Waals surface area contributed by atoms with Gasteiger partial charge in [-0.05, 0) is 25.2 Å². The van der Waals surface area contributed by atoms with Gasteiger partial charge in [-0.1, -0.05) is 18.7 Å². The summed E-state index contributed by atoms with van der Waals surface area (Å²) < 4.78 is 1.11. The maximum atomic E-state index is 9.10. The average molecular weight is 238 g/mol. The molecule has 0 aliphatic heterocycles. The predicted molar refractivity (Wildman–Crippen MR) is 63.9 cm³/mol. The van der Waals surface area contributed by atoms with Crippen LogP contribution in [-0.4, -0.2) is 10.2 Å². The van der Waals surface area contributed by atoms with E-state index >= 15 is 0 Å². The molecule has 3 unspecified atom stereocenters. The smallest absolute Gasteiger partial charge is 0.150 e. The molecule has 0 N–H and O–H groups in total. The fourth-order valence-corrected chi connectivity index (χ4v) is 4.29. The molecule has 1 saturated carbocycles. The van der Waals surface area contributed by atoms with E-state index in [0.717, 1.165) is 23.1 Å². The molecular formula is C11H14N2S2. The number of hydrogen-bond donors (Lipinski definition) is 0. The molecule has 15 heavy (non-hydrogen) atoms. The normalized spacial score (nSPS) is 31.1. The van der Waals surface area contributed by atoms with Gasteiger partial charge in [-0.15, -0.1) is 11.3 Å². The van der Waals surface area contributed by atoms with Gasteiger partial charge in [-0.3, -0.25) is 0 Å². The molecule has 3 atom stereocenters. The van der Waals surface area contributed by atoms with Gasteiger partial charge in [-0.2, -0.15) is 5.26 Å². The Morgan fingerprint density at radius 3 is 3.13 bits per heavy atom. The van der Waals surface area contributed by atoms with Crippen LogP contribution in [0.5, 0.6) is 0 Å². The molecule has 1 aliphatic carbocycles. The van der Waals surface area contributed by atoms with Crippen molar-refractivity contribution in [1.29, 1.82) is 5.26 Å². The first-order valence-electron chi connectivity index (χ1n) is 5.25. The van der Waals surface area contributed by atoms with Gasteiger partial charge in [0.15, 0.2) is 0 Å². The Balaban J connectivity index is 2.02. The zero-order valence-electron chi connectivity index (χ0n) is 8.72. The van der Waals surface area contributed by atoms with E-state index in [9.17, 15) is 0 Å². The van der Waals surface area contributed by atoms with E-state index in [1.54, 1.807) is 23.1 Å². The van der Waals surface area contributed by atoms with Gasteiger partial charge in [0.1, 0.15) is 4.34 Å². The van der Waals surface area contributed by atoms with Gasteiger partial charge in [-0.25, -0.2) is 4.98 Å². The molecule has 80 valence electrons. The zero-order valence-corrected chi connectivity index (χ0v) is 10.4. The van der Waals surface area contributed by atoms with Crippen LogP contribution in [-0.2, 0) is 0 Å². The number of thioether (sulfide) groups is 1. The number of thiazole rings is 1. The Labute approximate surface area is 98.7 Å². The van der Waals surface area contributed by atoms with E-state index in [1.165, 1.54) is 6.42 Å². The molecule has 0 saturated heterocycles. The number of nitrogens with zero attached hydrogens (tertiary/aromatic N) is 2. The summed E-state index contributed by atoms with van der Waals surface area (Å²) in [6.07, 6.45) is 5.25. The summed E-state index contributed by atoms with van der Waals surface area (Å²) in [5.41, 5.74) is 0. The summed E-state index contributed by atoms with van der Waals surface area (Å²) in [6, 6.07) is 2.44. The Morgan fingerprint density at radius 2 is 2.47 bits per heavy atom. The Kier molecular flexibility index (Phi) is 3.66. The maximum absolute atomic E-state index is 9.10. The SMILES string of the molecule is CC1CCC(C#N)C(Sc2nccs2)C1. The van der Waals surface area contributed by atoms with Gasteiger partial charge in [0.25, 0.3) is 0 Å². The molecule has 0 spiro atoms. The number of nitriles is 1. The maximum Gasteiger partial charge on any atom is 0.150 e. The van der Waals surface area contributed by atoms with Crippen LogP contribution in [0.3, 0.4) is 0 Å². The highest BCUT2D eigenvalue weighted by Crippen LogP contribution is 2.39. The fourth-order valence-electron chi connectivity index (χ4n) is 2.00. The monoisotopic (exact) mass is 238 g/mol. The molecule has 2 rings (SSSR count). The lowest BCUT2D eigenvalue weighted by molar-refractivity contribution is 0.346. The van der Waals surface area contributed by atoms with Gasteiger partial charge >= 0.3 is 0 Å². The third-order valence-corrected chi connectivity index (χ3v) is 5.15. The summed E-state index contributed by atoms with van der Waals surface area (Å²) >= 11 is 3.47. The largest absolute Gasteiger partial charge is 0.238 e. The lowest BCUT2D eigenvalue weighted by Crippen LogP contribution is -2.24. The average Bonchev–Trinajstić information content (AvgIpc) is 2.71. The third kappa shape index (κ3) is 2.73. The van der Waals surface area contributed by atoms with Gasteiger partial charge < -0.3 is 0 Å². The molecule has 1 fully saturated rings. The van der Waals surface area contributed by atoms with Crippen LogP contribution in [0, 0.1) is 23.2 Å². The van der Waals surface area contributed by atoms with E-state index in [2.05, 4.69) is 18.0 Å². The van der Waals surface area contributed by atoms with Gasteiger partial charge in [0, 0.05) is 16.8 Å². The van der Waals surface area contributed by atoms with Crippen molar-refractivity contribution in [3.8, 4) is 6.07 Å². The summed E-state index contributed by atoms with van der Waals surface area (Å²) in [6.45, 7) is 2.28. The quantitative estimate of drug-likeness (QED) is 0.790. The van der Waals surface area contributed by atoms with Gasteiger partial charge in [0.05, 0.1) is 12.0 Å². The van der Waals surface area contributed by atoms with E-state index in [0.29, 0.717) is 5.25 Å². The van der Waals surface area contributed by atoms with Crippen LogP contribution >= 0.6 is 23.1 Å². The van der Waals surface area contributed by atoms with Gasteiger partial charge in [0.2, 0.25) is 0 Å². The molecule has 2 nitrogen and oxygen atoms in total. The first-order valence-corrected chi connectivity index (χ1v) is 7.01. The van der Waals surface area contributed by atoms with Crippen molar-refractivity contribution >= 4 is 23.1 Å². The van der Waals surface area contributed by atoms with Crippen molar-refractivity contribution in [3.63, 3.8) is 0 Å². The second-order valence-corrected chi connectivity index (χ2v) is 6.49. The second-order valence-electron chi connectivity index (χ2n) is 4.11. The first kappa shape index (κ1) is 11.0. The molecule has 0 bridgehead atoms. The minimum Gasteiger partial charge on any atom is -0.238 e. The fraction of sp³-hybridized carbons (Fsp3) is 0.636. The van der Waals surface area contributed by atoms with E-state index in [1.807, 2.05) is 11.6 Å². The Hall–Kier alpha value is -0.530. The third-order valence-electron chi connectivity index (χ3n) is 2.88. The number of hydrogen-bond acceptors (Lipinski definition) is 4. The molecule has 1 heterocycles. The highest BCUT2D eigenvalue weighted by Gasteiger charge is 2.29. The van der Waals surface area contributed by atoms with E-state index in [-0.39, 0.29) is 5.92 Å². The highest BCUT2D eigenvalue weighted by molar-refractivity contribution is 8.01. The van der Waals surface area contributed by atoms with E-state index < -0.39 is 0 Å². The molecule has 0 amide bonds. The lowest BCUT2D eigenvalue weighted by Gasteiger charge is -2.29. The van der Waals surface area contributed by atoms with Crippen molar-refractivity contribution in [1.82, 2.24) is 4.98 Å². The number of rotatable bonds is 2. The van der Waals surface area contributed by atoms with Crippen LogP contribution in [0.15, 0.2) is 15.9 Å². The van der Waals surface area contributed by atoms with Crippen LogP contribution in [0.4, 0.5) is 0 Å². The van der Waals surface area contributed by atoms with Crippen molar-refractivity contribution in [2.75, 3.05) is 0 Å². The zero-order chi connectivity index (χ0) is 10.7. The second kappa shape index (κ2) is 5.00. The van der Waals surface area contributed by atoms with Crippen molar-refractivity contribution < 1.29 is 0 Å². The van der Waals surface area contributed by atoms with Crippen molar-refractivity contribution in [2.24, 2.45) is 11.8 Å². The van der Waals surface area contributed by atoms with Crippen LogP contribution < -0.4 is 0 Å². The van der Waals surface area contributed by atoms with Crippen molar-refractivity contribution in [3.05, 3.63) is 11.6 Å². The summed E-state index contributed by atoms with van der Waals surface area (Å²) in [5.74, 6) is 0.974. The molecule has 0 radical (unpaired) electrons. The van der Waals surface area contributed by atoms with Crippen LogP contribution in [0.1, 0.15) is 26.2 Å². The summed E-state index contributed by atoms with van der Waals surface area (Å²) in [4.78, 5) is 4.28.